The molecule has 0 unspecified atom stereocenters. The van der Waals surface area contributed by atoms with E-state index in [-0.39, 0.29) is 0 Å². The van der Waals surface area contributed by atoms with Gasteiger partial charge in [0.15, 0.2) is 0 Å². The predicted molar refractivity (Wildman–Crippen MR) is 93.1 cm³/mol. The molecular formula is C20H13BrO. The summed E-state index contributed by atoms with van der Waals surface area (Å²) in [6.45, 7) is 0.676. The van der Waals surface area contributed by atoms with Crippen LogP contribution in [0.25, 0.3) is 0 Å². The van der Waals surface area contributed by atoms with Crippen LogP contribution in [-0.2, 0) is 4.74 Å². The molecule has 0 aliphatic heterocycles. The van der Waals surface area contributed by atoms with Crippen LogP contribution in [0.5, 0.6) is 0 Å². The summed E-state index contributed by atoms with van der Waals surface area (Å²) in [7, 11) is 0. The Morgan fingerprint density at radius 2 is 1.50 bits per heavy atom. The van der Waals surface area contributed by atoms with Gasteiger partial charge in [0.1, 0.15) is 13.2 Å². The van der Waals surface area contributed by atoms with Gasteiger partial charge in [-0.25, -0.2) is 0 Å². The van der Waals surface area contributed by atoms with Crippen molar-refractivity contribution in [3.63, 3.8) is 0 Å². The molecule has 106 valence electrons. The molecule has 0 aromatic heterocycles. The Hall–Kier alpha value is -2.44. The minimum Gasteiger partial charge on any atom is -0.356 e. The first-order valence-electron chi connectivity index (χ1n) is 6.66. The van der Waals surface area contributed by atoms with Gasteiger partial charge in [-0.15, -0.1) is 6.42 Å². The van der Waals surface area contributed by atoms with Gasteiger partial charge in [-0.05, 0) is 36.4 Å². The van der Waals surface area contributed by atoms with E-state index in [1.54, 1.807) is 0 Å². The summed E-state index contributed by atoms with van der Waals surface area (Å²) in [6, 6.07) is 15.4. The molecule has 0 bridgehead atoms. The Bertz CT molecular complexity index is 790. The van der Waals surface area contributed by atoms with Gasteiger partial charge in [0, 0.05) is 21.2 Å². The van der Waals surface area contributed by atoms with E-state index in [2.05, 4.69) is 45.5 Å². The van der Waals surface area contributed by atoms with Crippen molar-refractivity contribution in [2.24, 2.45) is 0 Å². The molecule has 2 aromatic rings. The van der Waals surface area contributed by atoms with Crippen LogP contribution in [0.3, 0.4) is 0 Å². The van der Waals surface area contributed by atoms with Gasteiger partial charge >= 0.3 is 0 Å². The second kappa shape index (κ2) is 8.76. The molecule has 0 aliphatic carbocycles. The molecule has 2 heteroatoms. The molecule has 0 heterocycles. The van der Waals surface area contributed by atoms with Crippen LogP contribution in [-0.4, -0.2) is 13.2 Å². The molecule has 0 saturated carbocycles. The number of ether oxygens (including phenoxy) is 1. The van der Waals surface area contributed by atoms with E-state index in [4.69, 9.17) is 11.2 Å². The highest BCUT2D eigenvalue weighted by Crippen LogP contribution is 2.09. The summed E-state index contributed by atoms with van der Waals surface area (Å²) in [6.07, 6.45) is 5.41. The monoisotopic (exact) mass is 348 g/mol. The summed E-state index contributed by atoms with van der Waals surface area (Å²) >= 11 is 3.38. The number of rotatable bonds is 2. The molecule has 0 saturated heterocycles. The molecule has 2 aromatic carbocycles. The van der Waals surface area contributed by atoms with Crippen molar-refractivity contribution in [2.75, 3.05) is 13.2 Å². The van der Waals surface area contributed by atoms with E-state index in [0.29, 0.717) is 13.2 Å². The van der Waals surface area contributed by atoms with Crippen LogP contribution in [0.2, 0.25) is 0 Å². The zero-order valence-corrected chi connectivity index (χ0v) is 13.5. The normalized spacial score (nSPS) is 8.91. The molecule has 2 rings (SSSR count). The maximum absolute atomic E-state index is 5.41. The first-order valence-corrected chi connectivity index (χ1v) is 7.45. The van der Waals surface area contributed by atoms with Crippen molar-refractivity contribution in [3.8, 4) is 36.0 Å². The van der Waals surface area contributed by atoms with E-state index in [1.807, 2.05) is 48.5 Å². The van der Waals surface area contributed by atoms with E-state index in [0.717, 1.165) is 21.2 Å². The van der Waals surface area contributed by atoms with E-state index in [1.165, 1.54) is 0 Å². The summed E-state index contributed by atoms with van der Waals surface area (Å²) in [4.78, 5) is 0. The second-order valence-electron chi connectivity index (χ2n) is 4.29. The molecule has 0 spiro atoms. The van der Waals surface area contributed by atoms with E-state index >= 15 is 0 Å². The Balaban J connectivity index is 1.80. The smallest absolute Gasteiger partial charge is 0.109 e. The second-order valence-corrected chi connectivity index (χ2v) is 5.21. The van der Waals surface area contributed by atoms with Gasteiger partial charge < -0.3 is 4.74 Å². The molecule has 1 nitrogen and oxygen atoms in total. The van der Waals surface area contributed by atoms with Crippen molar-refractivity contribution < 1.29 is 4.74 Å². The minimum absolute atomic E-state index is 0.327. The van der Waals surface area contributed by atoms with Gasteiger partial charge in [0.25, 0.3) is 0 Å². The summed E-state index contributed by atoms with van der Waals surface area (Å²) in [5.74, 6) is 14.5. The van der Waals surface area contributed by atoms with Crippen LogP contribution in [0.15, 0.2) is 53.0 Å². The Morgan fingerprint density at radius 1 is 0.864 bits per heavy atom. The summed E-state index contributed by atoms with van der Waals surface area (Å²) < 4.78 is 6.40. The zero-order valence-electron chi connectivity index (χ0n) is 11.9. The SMILES string of the molecule is C#Cc1ccccc1C#CCOCC#Cc1ccc(Br)cc1. The lowest BCUT2D eigenvalue weighted by molar-refractivity contribution is 0.204. The first kappa shape index (κ1) is 15.9. The molecule has 0 N–H and O–H groups in total. The number of benzene rings is 2. The maximum atomic E-state index is 5.41. The number of hydrogen-bond donors (Lipinski definition) is 0. The van der Waals surface area contributed by atoms with Crippen molar-refractivity contribution in [1.82, 2.24) is 0 Å². The van der Waals surface area contributed by atoms with Gasteiger partial charge in [-0.1, -0.05) is 57.7 Å². The fourth-order valence-corrected chi connectivity index (χ4v) is 1.94. The first-order chi connectivity index (χ1) is 10.8. The zero-order chi connectivity index (χ0) is 15.6. The summed E-state index contributed by atoms with van der Waals surface area (Å²) in [5.41, 5.74) is 2.60. The van der Waals surface area contributed by atoms with Gasteiger partial charge in [0.05, 0.1) is 0 Å². The highest BCUT2D eigenvalue weighted by atomic mass is 79.9. The third-order valence-corrected chi connectivity index (χ3v) is 3.26. The lowest BCUT2D eigenvalue weighted by Gasteiger charge is -1.94. The van der Waals surface area contributed by atoms with Crippen LogP contribution >= 0.6 is 15.9 Å². The summed E-state index contributed by atoms with van der Waals surface area (Å²) in [5, 5.41) is 0. The molecule has 0 fully saturated rings. The van der Waals surface area contributed by atoms with Crippen molar-refractivity contribution in [1.29, 1.82) is 0 Å². The molecule has 0 amide bonds. The number of hydrogen-bond acceptors (Lipinski definition) is 1. The van der Waals surface area contributed by atoms with Crippen LogP contribution in [0, 0.1) is 36.0 Å². The topological polar surface area (TPSA) is 9.23 Å². The lowest BCUT2D eigenvalue weighted by atomic mass is 10.1. The van der Waals surface area contributed by atoms with Crippen molar-refractivity contribution in [2.45, 2.75) is 0 Å². The van der Waals surface area contributed by atoms with Gasteiger partial charge in [0.2, 0.25) is 0 Å². The largest absolute Gasteiger partial charge is 0.356 e. The highest BCUT2D eigenvalue weighted by Gasteiger charge is 1.92. The van der Waals surface area contributed by atoms with Crippen molar-refractivity contribution >= 4 is 15.9 Å². The number of halogens is 1. The molecular weight excluding hydrogens is 336 g/mol. The standard InChI is InChI=1S/C20H13BrO/c1-2-18-8-3-4-9-19(18)10-6-16-22-15-5-7-17-11-13-20(21)14-12-17/h1,3-4,8-9,11-14H,15-16H2. The fraction of sp³-hybridized carbons (Fsp3) is 0.100. The molecule has 0 radical (unpaired) electrons. The van der Waals surface area contributed by atoms with E-state index in [9.17, 15) is 0 Å². The van der Waals surface area contributed by atoms with Gasteiger partial charge in [-0.2, -0.15) is 0 Å². The van der Waals surface area contributed by atoms with Crippen LogP contribution in [0.1, 0.15) is 16.7 Å². The Morgan fingerprint density at radius 3 is 2.18 bits per heavy atom. The minimum atomic E-state index is 0.327. The quantitative estimate of drug-likeness (QED) is 0.591. The third kappa shape index (κ3) is 5.16. The maximum Gasteiger partial charge on any atom is 0.109 e. The predicted octanol–water partition coefficient (Wildman–Crippen LogP) is 3.85. The average molecular weight is 349 g/mol. The van der Waals surface area contributed by atoms with Gasteiger partial charge in [-0.3, -0.25) is 0 Å². The lowest BCUT2D eigenvalue weighted by Crippen LogP contribution is -1.92. The molecule has 0 aliphatic rings. The third-order valence-electron chi connectivity index (χ3n) is 2.73. The molecule has 22 heavy (non-hydrogen) atoms. The number of terminal acetylenes is 1. The van der Waals surface area contributed by atoms with Crippen LogP contribution in [0.4, 0.5) is 0 Å². The fourth-order valence-electron chi connectivity index (χ4n) is 1.67. The Labute approximate surface area is 139 Å². The average Bonchev–Trinajstić information content (AvgIpc) is 2.56. The van der Waals surface area contributed by atoms with Crippen LogP contribution < -0.4 is 0 Å². The van der Waals surface area contributed by atoms with Crippen molar-refractivity contribution in [3.05, 3.63) is 69.7 Å². The Kier molecular flexibility index (Phi) is 6.35. The molecule has 0 atom stereocenters. The highest BCUT2D eigenvalue weighted by molar-refractivity contribution is 9.10. The van der Waals surface area contributed by atoms with E-state index < -0.39 is 0 Å².